The molecule has 0 saturated carbocycles. The summed E-state index contributed by atoms with van der Waals surface area (Å²) in [7, 11) is 1.62. The van der Waals surface area contributed by atoms with E-state index in [1.165, 1.54) is 6.33 Å². The minimum absolute atomic E-state index is 0.240. The normalized spacial score (nSPS) is 10.2. The number of ether oxygens (including phenoxy) is 1. The Balaban J connectivity index is 1.81. The Hall–Kier alpha value is -3.41. The minimum atomic E-state index is -0.953. The van der Waals surface area contributed by atoms with Crippen molar-refractivity contribution >= 4 is 17.5 Å². The highest BCUT2D eigenvalue weighted by Crippen LogP contribution is 2.22. The van der Waals surface area contributed by atoms with Crippen molar-refractivity contribution in [1.82, 2.24) is 9.97 Å². The summed E-state index contributed by atoms with van der Waals surface area (Å²) in [5, 5.41) is 12.1. The molecular formula is C18H15N3O3. The average molecular weight is 321 g/mol. The second-order valence-corrected chi connectivity index (χ2v) is 5.02. The van der Waals surface area contributed by atoms with Crippen molar-refractivity contribution in [3.8, 4) is 17.0 Å². The maximum atomic E-state index is 10.9. The quantitative estimate of drug-likeness (QED) is 0.747. The third-order valence-electron chi connectivity index (χ3n) is 3.46. The van der Waals surface area contributed by atoms with Crippen LogP contribution in [0.1, 0.15) is 10.4 Å². The highest BCUT2D eigenvalue weighted by Gasteiger charge is 2.06. The first kappa shape index (κ1) is 15.5. The molecular weight excluding hydrogens is 306 g/mol. The molecule has 0 aliphatic rings. The number of benzene rings is 2. The molecule has 0 radical (unpaired) electrons. The highest BCUT2D eigenvalue weighted by molar-refractivity contribution is 5.88. The van der Waals surface area contributed by atoms with Gasteiger partial charge in [0.2, 0.25) is 0 Å². The summed E-state index contributed by atoms with van der Waals surface area (Å²) in [5.41, 5.74) is 2.64. The molecule has 0 spiro atoms. The molecule has 0 saturated heterocycles. The molecule has 0 aliphatic heterocycles. The largest absolute Gasteiger partial charge is 0.497 e. The molecule has 1 aromatic heterocycles. The standard InChI is InChI=1S/C18H15N3O3/c1-24-15-8-6-14(7-9-15)21-17-10-16(19-11-20-17)12-2-4-13(5-3-12)18(22)23/h2-11H,1H3,(H,22,23)(H,19,20,21). The van der Waals surface area contributed by atoms with E-state index in [-0.39, 0.29) is 5.56 Å². The molecule has 3 aromatic rings. The molecule has 0 amide bonds. The number of anilines is 2. The van der Waals surface area contributed by atoms with E-state index in [9.17, 15) is 4.79 Å². The van der Waals surface area contributed by atoms with Crippen molar-refractivity contribution in [3.05, 3.63) is 66.5 Å². The van der Waals surface area contributed by atoms with E-state index in [1.54, 1.807) is 37.4 Å². The van der Waals surface area contributed by atoms with Gasteiger partial charge in [-0.3, -0.25) is 0 Å². The maximum Gasteiger partial charge on any atom is 0.335 e. The van der Waals surface area contributed by atoms with Crippen LogP contribution in [0.2, 0.25) is 0 Å². The molecule has 3 rings (SSSR count). The molecule has 6 heteroatoms. The van der Waals surface area contributed by atoms with Gasteiger partial charge in [-0.1, -0.05) is 12.1 Å². The summed E-state index contributed by atoms with van der Waals surface area (Å²) in [5.74, 6) is 0.473. The van der Waals surface area contributed by atoms with E-state index < -0.39 is 5.97 Å². The summed E-state index contributed by atoms with van der Waals surface area (Å²) >= 11 is 0. The molecule has 0 bridgehead atoms. The van der Waals surface area contributed by atoms with Gasteiger partial charge < -0.3 is 15.2 Å². The van der Waals surface area contributed by atoms with Crippen molar-refractivity contribution in [2.75, 3.05) is 12.4 Å². The predicted octanol–water partition coefficient (Wildman–Crippen LogP) is 3.59. The van der Waals surface area contributed by atoms with E-state index in [2.05, 4.69) is 15.3 Å². The molecule has 0 aliphatic carbocycles. The van der Waals surface area contributed by atoms with Crippen LogP contribution in [0.4, 0.5) is 11.5 Å². The minimum Gasteiger partial charge on any atom is -0.497 e. The number of rotatable bonds is 5. The lowest BCUT2D eigenvalue weighted by Gasteiger charge is -2.08. The van der Waals surface area contributed by atoms with Crippen LogP contribution in [0.15, 0.2) is 60.9 Å². The summed E-state index contributed by atoms with van der Waals surface area (Å²) in [6.07, 6.45) is 1.46. The van der Waals surface area contributed by atoms with Crippen LogP contribution in [-0.4, -0.2) is 28.2 Å². The van der Waals surface area contributed by atoms with Gasteiger partial charge in [-0.15, -0.1) is 0 Å². The lowest BCUT2D eigenvalue weighted by molar-refractivity contribution is 0.0697. The highest BCUT2D eigenvalue weighted by atomic mass is 16.5. The Morgan fingerprint density at radius 3 is 2.38 bits per heavy atom. The van der Waals surface area contributed by atoms with E-state index in [1.807, 2.05) is 24.3 Å². The molecule has 120 valence electrons. The van der Waals surface area contributed by atoms with Gasteiger partial charge in [-0.2, -0.15) is 0 Å². The summed E-state index contributed by atoms with van der Waals surface area (Å²) in [6, 6.07) is 15.9. The first-order chi connectivity index (χ1) is 11.7. The predicted molar refractivity (Wildman–Crippen MR) is 90.7 cm³/mol. The van der Waals surface area contributed by atoms with Crippen molar-refractivity contribution in [3.63, 3.8) is 0 Å². The van der Waals surface area contributed by atoms with Crippen LogP contribution in [0.5, 0.6) is 5.75 Å². The Morgan fingerprint density at radius 1 is 1.04 bits per heavy atom. The topological polar surface area (TPSA) is 84.3 Å². The number of nitrogens with zero attached hydrogens (tertiary/aromatic N) is 2. The molecule has 1 heterocycles. The van der Waals surface area contributed by atoms with Gasteiger partial charge in [0, 0.05) is 17.3 Å². The Morgan fingerprint density at radius 2 is 1.75 bits per heavy atom. The van der Waals surface area contributed by atoms with Gasteiger partial charge in [-0.05, 0) is 36.4 Å². The van der Waals surface area contributed by atoms with Crippen LogP contribution in [0, 0.1) is 0 Å². The molecule has 0 unspecified atom stereocenters. The molecule has 0 fully saturated rings. The van der Waals surface area contributed by atoms with Gasteiger partial charge >= 0.3 is 5.97 Å². The van der Waals surface area contributed by atoms with E-state index in [0.717, 1.165) is 17.0 Å². The smallest absolute Gasteiger partial charge is 0.335 e. The number of hydrogen-bond acceptors (Lipinski definition) is 5. The molecule has 0 atom stereocenters. The number of carboxylic acid groups (broad SMARTS) is 1. The zero-order valence-electron chi connectivity index (χ0n) is 12.9. The van der Waals surface area contributed by atoms with Gasteiger partial charge in [-0.25, -0.2) is 14.8 Å². The van der Waals surface area contributed by atoms with Gasteiger partial charge in [0.1, 0.15) is 17.9 Å². The van der Waals surface area contributed by atoms with Crippen molar-refractivity contribution in [2.45, 2.75) is 0 Å². The average Bonchev–Trinajstić information content (AvgIpc) is 2.63. The number of carbonyl (C=O) groups is 1. The second kappa shape index (κ2) is 6.78. The van der Waals surface area contributed by atoms with Crippen LogP contribution in [0.25, 0.3) is 11.3 Å². The summed E-state index contributed by atoms with van der Waals surface area (Å²) in [4.78, 5) is 19.3. The Bertz CT molecular complexity index is 846. The van der Waals surface area contributed by atoms with E-state index in [0.29, 0.717) is 11.5 Å². The maximum absolute atomic E-state index is 10.9. The van der Waals surface area contributed by atoms with Gasteiger partial charge in [0.25, 0.3) is 0 Å². The fraction of sp³-hybridized carbons (Fsp3) is 0.0556. The number of carboxylic acids is 1. The van der Waals surface area contributed by atoms with Crippen LogP contribution < -0.4 is 10.1 Å². The van der Waals surface area contributed by atoms with E-state index >= 15 is 0 Å². The Kier molecular flexibility index (Phi) is 4.38. The second-order valence-electron chi connectivity index (χ2n) is 5.02. The summed E-state index contributed by atoms with van der Waals surface area (Å²) in [6.45, 7) is 0. The first-order valence-corrected chi connectivity index (χ1v) is 7.22. The lowest BCUT2D eigenvalue weighted by Crippen LogP contribution is -1.97. The Labute approximate surface area is 138 Å². The third-order valence-corrected chi connectivity index (χ3v) is 3.46. The number of aromatic carboxylic acids is 1. The lowest BCUT2D eigenvalue weighted by atomic mass is 10.1. The number of methoxy groups -OCH3 is 1. The van der Waals surface area contributed by atoms with Crippen molar-refractivity contribution < 1.29 is 14.6 Å². The monoisotopic (exact) mass is 321 g/mol. The fourth-order valence-corrected chi connectivity index (χ4v) is 2.19. The zero-order chi connectivity index (χ0) is 16.9. The molecule has 24 heavy (non-hydrogen) atoms. The number of nitrogens with one attached hydrogen (secondary N) is 1. The van der Waals surface area contributed by atoms with Gasteiger partial charge in [0.05, 0.1) is 18.4 Å². The summed E-state index contributed by atoms with van der Waals surface area (Å²) < 4.78 is 5.13. The van der Waals surface area contributed by atoms with Crippen molar-refractivity contribution in [2.24, 2.45) is 0 Å². The van der Waals surface area contributed by atoms with Crippen LogP contribution >= 0.6 is 0 Å². The zero-order valence-corrected chi connectivity index (χ0v) is 12.9. The van der Waals surface area contributed by atoms with Gasteiger partial charge in [0.15, 0.2) is 0 Å². The fourth-order valence-electron chi connectivity index (χ4n) is 2.19. The van der Waals surface area contributed by atoms with Crippen LogP contribution in [-0.2, 0) is 0 Å². The first-order valence-electron chi connectivity index (χ1n) is 7.22. The van der Waals surface area contributed by atoms with Crippen LogP contribution in [0.3, 0.4) is 0 Å². The third kappa shape index (κ3) is 3.49. The van der Waals surface area contributed by atoms with Crippen molar-refractivity contribution in [1.29, 1.82) is 0 Å². The number of hydrogen-bond donors (Lipinski definition) is 2. The SMILES string of the molecule is COc1ccc(Nc2cc(-c3ccc(C(=O)O)cc3)ncn2)cc1. The molecule has 2 N–H and O–H groups in total. The molecule has 6 nitrogen and oxygen atoms in total. The number of aromatic nitrogens is 2. The van der Waals surface area contributed by atoms with E-state index in [4.69, 9.17) is 9.84 Å². The molecule has 2 aromatic carbocycles.